The summed E-state index contributed by atoms with van der Waals surface area (Å²) in [6, 6.07) is 0. The Kier molecular flexibility index (Phi) is 15.7. The van der Waals surface area contributed by atoms with E-state index in [9.17, 15) is 9.90 Å². The molecule has 1 N–H and O–H groups in total. The summed E-state index contributed by atoms with van der Waals surface area (Å²) in [5.41, 5.74) is 4.42. The molecule has 0 heterocycles. The molecule has 0 aliphatic rings. The molecule has 0 saturated carbocycles. The number of ether oxygens (including phenoxy) is 1. The number of allylic oxidation sites excluding steroid dienone is 18. The van der Waals surface area contributed by atoms with Crippen LogP contribution in [0.2, 0.25) is 0 Å². The normalized spacial score (nSPS) is 15.7. The molecular weight excluding hydrogens is 420 g/mol. The lowest BCUT2D eigenvalue weighted by atomic mass is 10.0. The van der Waals surface area contributed by atoms with Gasteiger partial charge in [0, 0.05) is 5.57 Å². The molecule has 184 valence electrons. The molecule has 0 aromatic rings. The van der Waals surface area contributed by atoms with E-state index in [1.165, 1.54) is 7.11 Å². The lowest BCUT2D eigenvalue weighted by molar-refractivity contribution is -0.136. The maximum Gasteiger partial charge on any atom is 0.333 e. The molecule has 34 heavy (non-hydrogen) atoms. The van der Waals surface area contributed by atoms with Crippen LogP contribution in [0.25, 0.3) is 0 Å². The minimum atomic E-state index is -0.668. The summed E-state index contributed by atoms with van der Waals surface area (Å²) in [6.45, 7) is 13.5. The van der Waals surface area contributed by atoms with Crippen LogP contribution in [0.1, 0.15) is 54.9 Å². The maximum atomic E-state index is 11.3. The second-order valence-electron chi connectivity index (χ2n) is 8.87. The van der Waals surface area contributed by atoms with Gasteiger partial charge in [-0.25, -0.2) is 4.79 Å². The third-order valence-electron chi connectivity index (χ3n) is 4.48. The van der Waals surface area contributed by atoms with Crippen molar-refractivity contribution in [3.05, 3.63) is 119 Å². The average Bonchev–Trinajstić information content (AvgIpc) is 2.75. The predicted octanol–water partition coefficient (Wildman–Crippen LogP) is 7.83. The average molecular weight is 463 g/mol. The molecule has 0 amide bonds. The van der Waals surface area contributed by atoms with Crippen LogP contribution in [0.4, 0.5) is 0 Å². The van der Waals surface area contributed by atoms with Crippen molar-refractivity contribution >= 4 is 5.97 Å². The molecule has 0 unspecified atom stereocenters. The number of hydrogen-bond donors (Lipinski definition) is 1. The van der Waals surface area contributed by atoms with Crippen LogP contribution in [0.3, 0.4) is 0 Å². The first-order valence-corrected chi connectivity index (χ1v) is 11.5. The van der Waals surface area contributed by atoms with Gasteiger partial charge in [0.2, 0.25) is 0 Å². The van der Waals surface area contributed by atoms with Gasteiger partial charge in [-0.05, 0) is 54.9 Å². The Balaban J connectivity index is 4.73. The lowest BCUT2D eigenvalue weighted by Gasteiger charge is -2.13. The van der Waals surface area contributed by atoms with Crippen molar-refractivity contribution in [1.29, 1.82) is 0 Å². The molecule has 0 aromatic carbocycles. The SMILES string of the molecule is COC(=O)C(C)=CC=CC(C)=CC=CC=C(C)C=CC=C(C)C=CC=C(C)C=CCC(C)(C)O. The topological polar surface area (TPSA) is 46.5 Å². The second kappa shape index (κ2) is 17.3. The summed E-state index contributed by atoms with van der Waals surface area (Å²) in [7, 11) is 1.38. The number of carbonyl (C=O) groups is 1. The Bertz CT molecular complexity index is 947. The van der Waals surface area contributed by atoms with Gasteiger partial charge in [0.1, 0.15) is 0 Å². The van der Waals surface area contributed by atoms with E-state index in [1.807, 2.05) is 68.5 Å². The standard InChI is InChI=1S/C31H42O3/c1-25(15-9-10-16-26(2)21-13-23-29(5)30(32)34-8)17-11-18-27(3)19-12-20-28(4)22-14-24-31(6,7)33/h9-23,33H,24H2,1-8H3. The minimum absolute atomic E-state index is 0.320. The summed E-state index contributed by atoms with van der Waals surface area (Å²) < 4.78 is 4.66. The van der Waals surface area contributed by atoms with Crippen molar-refractivity contribution in [3.8, 4) is 0 Å². The summed E-state index contributed by atoms with van der Waals surface area (Å²) in [4.78, 5) is 11.3. The lowest BCUT2D eigenvalue weighted by Crippen LogP contribution is -2.16. The number of rotatable bonds is 12. The van der Waals surface area contributed by atoms with Crippen molar-refractivity contribution in [1.82, 2.24) is 0 Å². The van der Waals surface area contributed by atoms with Crippen LogP contribution in [-0.2, 0) is 9.53 Å². The number of aliphatic hydroxyl groups is 1. The fraction of sp³-hybridized carbons (Fsp3) is 0.323. The molecule has 0 fully saturated rings. The highest BCUT2D eigenvalue weighted by Gasteiger charge is 2.08. The molecule has 0 saturated heterocycles. The van der Waals surface area contributed by atoms with Crippen LogP contribution in [0.15, 0.2) is 119 Å². The highest BCUT2D eigenvalue weighted by atomic mass is 16.5. The molecule has 0 aromatic heterocycles. The molecule has 0 bridgehead atoms. The fourth-order valence-corrected chi connectivity index (χ4v) is 2.45. The first-order chi connectivity index (χ1) is 15.9. The van der Waals surface area contributed by atoms with E-state index in [0.717, 1.165) is 22.3 Å². The molecule has 0 rings (SSSR count). The van der Waals surface area contributed by atoms with Gasteiger partial charge in [-0.3, -0.25) is 0 Å². The predicted molar refractivity (Wildman–Crippen MR) is 147 cm³/mol. The third-order valence-corrected chi connectivity index (χ3v) is 4.48. The molecule has 0 atom stereocenters. The first kappa shape index (κ1) is 30.8. The van der Waals surface area contributed by atoms with Gasteiger partial charge in [-0.15, -0.1) is 0 Å². The zero-order valence-corrected chi connectivity index (χ0v) is 22.1. The van der Waals surface area contributed by atoms with E-state index < -0.39 is 5.60 Å². The highest BCUT2D eigenvalue weighted by Crippen LogP contribution is 2.09. The number of methoxy groups -OCH3 is 1. The van der Waals surface area contributed by atoms with Crippen molar-refractivity contribution in [2.24, 2.45) is 0 Å². The van der Waals surface area contributed by atoms with Crippen molar-refractivity contribution < 1.29 is 14.6 Å². The molecule has 0 spiro atoms. The van der Waals surface area contributed by atoms with Gasteiger partial charge >= 0.3 is 5.97 Å². The van der Waals surface area contributed by atoms with Gasteiger partial charge in [-0.1, -0.05) is 113 Å². The Labute approximate surface area is 207 Å². The molecule has 0 radical (unpaired) electrons. The van der Waals surface area contributed by atoms with E-state index in [1.54, 1.807) is 26.8 Å². The van der Waals surface area contributed by atoms with E-state index in [2.05, 4.69) is 49.0 Å². The smallest absolute Gasteiger partial charge is 0.333 e. The van der Waals surface area contributed by atoms with E-state index in [4.69, 9.17) is 0 Å². The van der Waals surface area contributed by atoms with Crippen molar-refractivity contribution in [2.75, 3.05) is 7.11 Å². The van der Waals surface area contributed by atoms with Crippen LogP contribution in [0.5, 0.6) is 0 Å². The fourth-order valence-electron chi connectivity index (χ4n) is 2.45. The summed E-state index contributed by atoms with van der Waals surface area (Å²) in [5.74, 6) is -0.320. The van der Waals surface area contributed by atoms with Crippen molar-refractivity contribution in [2.45, 2.75) is 60.5 Å². The largest absolute Gasteiger partial charge is 0.466 e. The van der Waals surface area contributed by atoms with E-state index in [-0.39, 0.29) is 5.97 Å². The molecule has 0 aliphatic heterocycles. The third kappa shape index (κ3) is 18.4. The minimum Gasteiger partial charge on any atom is -0.466 e. The highest BCUT2D eigenvalue weighted by molar-refractivity contribution is 5.87. The van der Waals surface area contributed by atoms with Gasteiger partial charge in [0.05, 0.1) is 12.7 Å². The Morgan fingerprint density at radius 2 is 1.06 bits per heavy atom. The summed E-state index contributed by atoms with van der Waals surface area (Å²) >= 11 is 0. The van der Waals surface area contributed by atoms with Crippen LogP contribution < -0.4 is 0 Å². The Morgan fingerprint density at radius 1 is 0.676 bits per heavy atom. The first-order valence-electron chi connectivity index (χ1n) is 11.5. The van der Waals surface area contributed by atoms with Crippen LogP contribution in [-0.4, -0.2) is 23.8 Å². The second-order valence-corrected chi connectivity index (χ2v) is 8.87. The van der Waals surface area contributed by atoms with Crippen LogP contribution >= 0.6 is 0 Å². The summed E-state index contributed by atoms with van der Waals surface area (Å²) in [6.07, 6.45) is 30.6. The van der Waals surface area contributed by atoms with Gasteiger partial charge in [0.15, 0.2) is 0 Å². The van der Waals surface area contributed by atoms with Gasteiger partial charge < -0.3 is 9.84 Å². The molecule has 3 heteroatoms. The Morgan fingerprint density at radius 3 is 1.47 bits per heavy atom. The number of carbonyl (C=O) groups excluding carboxylic acids is 1. The van der Waals surface area contributed by atoms with Crippen LogP contribution in [0, 0.1) is 0 Å². The number of hydrogen-bond acceptors (Lipinski definition) is 3. The van der Waals surface area contributed by atoms with Gasteiger partial charge in [0.25, 0.3) is 0 Å². The maximum absolute atomic E-state index is 11.3. The Hall–Kier alpha value is -3.17. The quantitative estimate of drug-likeness (QED) is 0.183. The zero-order valence-electron chi connectivity index (χ0n) is 22.1. The van der Waals surface area contributed by atoms with E-state index in [0.29, 0.717) is 12.0 Å². The van der Waals surface area contributed by atoms with Crippen molar-refractivity contribution in [3.63, 3.8) is 0 Å². The summed E-state index contributed by atoms with van der Waals surface area (Å²) in [5, 5.41) is 9.72. The van der Waals surface area contributed by atoms with Gasteiger partial charge in [-0.2, -0.15) is 0 Å². The molecule has 0 aliphatic carbocycles. The monoisotopic (exact) mass is 462 g/mol. The zero-order chi connectivity index (χ0) is 26.0. The van der Waals surface area contributed by atoms with E-state index >= 15 is 0 Å². The number of esters is 1. The molecular formula is C31H42O3. The molecule has 3 nitrogen and oxygen atoms in total.